The molecule has 3 fully saturated rings. The molecule has 5 aliphatic rings. The summed E-state index contributed by atoms with van der Waals surface area (Å²) in [4.78, 5) is 43.1. The number of esters is 1. The van der Waals surface area contributed by atoms with Gasteiger partial charge in [-0.15, -0.1) is 0 Å². The maximum atomic E-state index is 13.8. The molecule has 3 aliphatic carbocycles. The zero-order valence-corrected chi connectivity index (χ0v) is 25.9. The van der Waals surface area contributed by atoms with Gasteiger partial charge < -0.3 is 19.5 Å². The maximum Gasteiger partial charge on any atom is 0.308 e. The van der Waals surface area contributed by atoms with Gasteiger partial charge >= 0.3 is 5.97 Å². The number of hydrogen-bond acceptors (Lipinski definition) is 7. The first-order chi connectivity index (χ1) is 21.3. The molecule has 1 N–H and O–H groups in total. The van der Waals surface area contributed by atoms with Gasteiger partial charge in [-0.25, -0.2) is 0 Å². The summed E-state index contributed by atoms with van der Waals surface area (Å²) in [6, 6.07) is 13.6. The predicted octanol–water partition coefficient (Wildman–Crippen LogP) is 4.69. The number of carbonyl (C=O) groups is 3. The molecule has 8 nitrogen and oxygen atoms in total. The van der Waals surface area contributed by atoms with Crippen molar-refractivity contribution < 1.29 is 29.0 Å². The molecule has 2 aliphatic heterocycles. The van der Waals surface area contributed by atoms with Gasteiger partial charge in [-0.3, -0.25) is 19.3 Å². The number of nitrogens with zero attached hydrogens (tertiary/aromatic N) is 2. The van der Waals surface area contributed by atoms with Crippen molar-refractivity contribution in [3.05, 3.63) is 59.2 Å². The fraction of sp³-hybridized carbons (Fsp3) is 0.583. The van der Waals surface area contributed by atoms with Crippen LogP contribution in [0.25, 0.3) is 0 Å². The van der Waals surface area contributed by atoms with Crippen LogP contribution in [0.5, 0.6) is 11.5 Å². The number of ether oxygens (including phenoxy) is 2. The summed E-state index contributed by atoms with van der Waals surface area (Å²) in [6.45, 7) is 5.94. The minimum atomic E-state index is -0.368. The summed E-state index contributed by atoms with van der Waals surface area (Å²) < 4.78 is 12.6. The van der Waals surface area contributed by atoms with Gasteiger partial charge in [-0.1, -0.05) is 36.4 Å². The van der Waals surface area contributed by atoms with E-state index < -0.39 is 0 Å². The van der Waals surface area contributed by atoms with E-state index in [2.05, 4.69) is 11.0 Å². The number of carbonyl (C=O) groups excluding carboxylic acids is 3. The van der Waals surface area contributed by atoms with E-state index in [0.29, 0.717) is 61.6 Å². The SMILES string of the molecule is CCN(C(=O)CCCCC(=O)c1ccccc1)[C@H]1CC[C@H]2[C@H]3Cc4ccc(OC(C)=O)c5c4[C@@]2(CCN3CC2CC2O)[C@H]1O5. The highest BCUT2D eigenvalue weighted by molar-refractivity contribution is 5.96. The van der Waals surface area contributed by atoms with Crippen molar-refractivity contribution in [1.82, 2.24) is 9.80 Å². The van der Waals surface area contributed by atoms with Crippen molar-refractivity contribution >= 4 is 17.7 Å². The number of aliphatic hydroxyl groups is 1. The lowest BCUT2D eigenvalue weighted by Gasteiger charge is -2.60. The number of likely N-dealkylation sites (N-methyl/N-ethyl adjacent to an activating group) is 1. The Labute approximate surface area is 259 Å². The van der Waals surface area contributed by atoms with Crippen molar-refractivity contribution in [1.29, 1.82) is 0 Å². The number of hydrogen-bond donors (Lipinski definition) is 1. The van der Waals surface area contributed by atoms with E-state index in [1.807, 2.05) is 48.2 Å². The summed E-state index contributed by atoms with van der Waals surface area (Å²) >= 11 is 0. The topological polar surface area (TPSA) is 96.4 Å². The third-order valence-corrected chi connectivity index (χ3v) is 11.2. The van der Waals surface area contributed by atoms with Crippen LogP contribution in [-0.4, -0.2) is 76.5 Å². The van der Waals surface area contributed by atoms with Crippen LogP contribution in [0.15, 0.2) is 42.5 Å². The largest absolute Gasteiger partial charge is 0.483 e. The molecule has 2 saturated carbocycles. The summed E-state index contributed by atoms with van der Waals surface area (Å²) in [5.74, 6) is 1.81. The molecule has 1 amide bonds. The number of piperidine rings is 1. The van der Waals surface area contributed by atoms with E-state index in [1.165, 1.54) is 18.1 Å². The maximum absolute atomic E-state index is 13.8. The number of rotatable bonds is 11. The number of Topliss-reactive ketones (excluding diaryl/α,β-unsaturated/α-hetero) is 1. The van der Waals surface area contributed by atoms with Gasteiger partial charge in [0.25, 0.3) is 0 Å². The smallest absolute Gasteiger partial charge is 0.308 e. The van der Waals surface area contributed by atoms with Gasteiger partial charge in [-0.05, 0) is 76.0 Å². The van der Waals surface area contributed by atoms with Crippen LogP contribution in [0.4, 0.5) is 0 Å². The van der Waals surface area contributed by atoms with Gasteiger partial charge in [0.1, 0.15) is 6.10 Å². The number of aliphatic hydroxyl groups excluding tert-OH is 1. The lowest BCUT2D eigenvalue weighted by atomic mass is 9.51. The summed E-state index contributed by atoms with van der Waals surface area (Å²) in [7, 11) is 0. The van der Waals surface area contributed by atoms with E-state index in [0.717, 1.165) is 50.8 Å². The molecule has 2 aromatic carbocycles. The molecule has 44 heavy (non-hydrogen) atoms. The third-order valence-electron chi connectivity index (χ3n) is 11.2. The van der Waals surface area contributed by atoms with Crippen molar-refractivity contribution in [2.75, 3.05) is 19.6 Å². The lowest BCUT2D eigenvalue weighted by molar-refractivity contribution is -0.142. The highest BCUT2D eigenvalue weighted by Crippen LogP contribution is 2.64. The Morgan fingerprint density at radius 2 is 1.86 bits per heavy atom. The molecule has 2 aromatic rings. The Bertz CT molecular complexity index is 1440. The Morgan fingerprint density at radius 1 is 1.09 bits per heavy atom. The number of likely N-dealkylation sites (tertiary alicyclic amines) is 1. The highest BCUT2D eigenvalue weighted by Gasteiger charge is 2.67. The molecule has 234 valence electrons. The molecular formula is C36H44N2O6. The average Bonchev–Trinajstić information content (AvgIpc) is 3.60. The minimum Gasteiger partial charge on any atom is -0.483 e. The van der Waals surface area contributed by atoms with Gasteiger partial charge in [0.15, 0.2) is 17.3 Å². The number of unbranched alkanes of at least 4 members (excludes halogenated alkanes) is 1. The second kappa shape index (κ2) is 11.6. The van der Waals surface area contributed by atoms with Gasteiger partial charge in [0.2, 0.25) is 5.91 Å². The Morgan fingerprint density at radius 3 is 2.59 bits per heavy atom. The number of ketones is 1. The van der Waals surface area contributed by atoms with Crippen LogP contribution in [0, 0.1) is 11.8 Å². The Balaban J connectivity index is 1.12. The van der Waals surface area contributed by atoms with Crippen LogP contribution in [0.3, 0.4) is 0 Å². The summed E-state index contributed by atoms with van der Waals surface area (Å²) in [5.41, 5.74) is 2.96. The molecule has 1 spiro atoms. The van der Waals surface area contributed by atoms with Crippen LogP contribution in [-0.2, 0) is 21.4 Å². The fourth-order valence-electron chi connectivity index (χ4n) is 9.17. The summed E-state index contributed by atoms with van der Waals surface area (Å²) in [5, 5.41) is 10.1. The summed E-state index contributed by atoms with van der Waals surface area (Å²) in [6.07, 6.45) is 6.45. The second-order valence-electron chi connectivity index (χ2n) is 13.6. The van der Waals surface area contributed by atoms with Crippen LogP contribution in [0.1, 0.15) is 86.7 Å². The van der Waals surface area contributed by atoms with Crippen molar-refractivity contribution in [3.8, 4) is 11.5 Å². The van der Waals surface area contributed by atoms with Crippen LogP contribution >= 0.6 is 0 Å². The van der Waals surface area contributed by atoms with E-state index in [4.69, 9.17) is 9.47 Å². The van der Waals surface area contributed by atoms with Crippen molar-refractivity contribution in [2.45, 2.75) is 101 Å². The molecule has 7 rings (SSSR count). The third kappa shape index (κ3) is 4.94. The van der Waals surface area contributed by atoms with E-state index >= 15 is 0 Å². The number of benzene rings is 2. The molecule has 7 atom stereocenters. The molecule has 8 heteroatoms. The standard InChI is InChI=1S/C36H44N2O6/c1-3-38(32(42)12-8-7-11-29(40)23-9-5-4-6-10-23)27-15-14-26-28-19-24-13-16-31(43-22(2)39)34-33(24)36(26,35(27)44-34)17-18-37(28)21-25-20-30(25)41/h4-6,9-10,13,16,25-28,30,35,41H,3,7-8,11-12,14-15,17-21H2,1-2H3/t25?,26-,27-,28+,30?,35-,36-/m0/s1. The first kappa shape index (κ1) is 29.5. The fourth-order valence-corrected chi connectivity index (χ4v) is 9.17. The first-order valence-electron chi connectivity index (χ1n) is 16.6. The van der Waals surface area contributed by atoms with Crippen LogP contribution < -0.4 is 9.47 Å². The van der Waals surface area contributed by atoms with Crippen molar-refractivity contribution in [2.24, 2.45) is 11.8 Å². The molecule has 0 radical (unpaired) electrons. The lowest BCUT2D eigenvalue weighted by Crippen LogP contribution is -2.69. The molecular weight excluding hydrogens is 556 g/mol. The highest BCUT2D eigenvalue weighted by atomic mass is 16.6. The van der Waals surface area contributed by atoms with Crippen molar-refractivity contribution in [3.63, 3.8) is 0 Å². The molecule has 2 unspecified atom stereocenters. The Kier molecular flexibility index (Phi) is 7.78. The monoisotopic (exact) mass is 600 g/mol. The van der Waals surface area contributed by atoms with Crippen LogP contribution in [0.2, 0.25) is 0 Å². The molecule has 0 aromatic heterocycles. The van der Waals surface area contributed by atoms with Gasteiger partial charge in [0.05, 0.1) is 12.1 Å². The van der Waals surface area contributed by atoms with E-state index in [-0.39, 0.29) is 41.3 Å². The molecule has 2 heterocycles. The minimum absolute atomic E-state index is 0.0734. The average molecular weight is 601 g/mol. The predicted molar refractivity (Wildman–Crippen MR) is 165 cm³/mol. The van der Waals surface area contributed by atoms with Gasteiger partial charge in [-0.2, -0.15) is 0 Å². The van der Waals surface area contributed by atoms with E-state index in [1.54, 1.807) is 0 Å². The first-order valence-corrected chi connectivity index (χ1v) is 16.6. The quantitative estimate of drug-likeness (QED) is 0.173. The normalized spacial score (nSPS) is 31.1. The number of amides is 1. The van der Waals surface area contributed by atoms with E-state index in [9.17, 15) is 19.5 Å². The Hall–Kier alpha value is -3.23. The zero-order valence-electron chi connectivity index (χ0n) is 25.9. The zero-order chi connectivity index (χ0) is 30.6. The van der Waals surface area contributed by atoms with Gasteiger partial charge in [0, 0.05) is 61.4 Å². The molecule has 1 saturated heterocycles. The molecule has 2 bridgehead atoms. The second-order valence-corrected chi connectivity index (χ2v) is 13.6.